The molecule has 2 aliphatic rings. The number of nitrogens with one attached hydrogen (secondary N) is 2. The number of nitrogens with zero attached hydrogens (tertiary/aromatic N) is 4. The minimum atomic E-state index is 0.174. The fourth-order valence-corrected chi connectivity index (χ4v) is 4.55. The van der Waals surface area contributed by atoms with Crippen LogP contribution in [0.2, 0.25) is 0 Å². The van der Waals surface area contributed by atoms with E-state index in [0.29, 0.717) is 6.04 Å². The SMILES string of the molecule is CN=C(NCCN1CCN(C(C)=O)CC1)NCC(c1ccc(OC)cc1)N1CCCCC1. The molecule has 1 amide bonds. The van der Waals surface area contributed by atoms with E-state index in [1.54, 1.807) is 14.0 Å². The lowest BCUT2D eigenvalue weighted by Crippen LogP contribution is -2.50. The molecule has 2 aliphatic heterocycles. The van der Waals surface area contributed by atoms with E-state index in [9.17, 15) is 4.79 Å². The van der Waals surface area contributed by atoms with E-state index in [1.165, 1.54) is 24.8 Å². The van der Waals surface area contributed by atoms with Crippen molar-refractivity contribution in [3.63, 3.8) is 0 Å². The minimum Gasteiger partial charge on any atom is -0.497 e. The van der Waals surface area contributed by atoms with E-state index in [-0.39, 0.29) is 5.91 Å². The molecule has 1 aromatic carbocycles. The number of amides is 1. The van der Waals surface area contributed by atoms with Crippen molar-refractivity contribution in [2.75, 3.05) is 73.1 Å². The van der Waals surface area contributed by atoms with Crippen molar-refractivity contribution in [2.24, 2.45) is 4.99 Å². The first-order valence-corrected chi connectivity index (χ1v) is 11.9. The zero-order chi connectivity index (χ0) is 22.8. The molecule has 3 rings (SSSR count). The van der Waals surface area contributed by atoms with Crippen molar-refractivity contribution in [3.8, 4) is 5.75 Å². The molecule has 8 heteroatoms. The van der Waals surface area contributed by atoms with Crippen LogP contribution in [0.1, 0.15) is 37.8 Å². The highest BCUT2D eigenvalue weighted by Gasteiger charge is 2.23. The summed E-state index contributed by atoms with van der Waals surface area (Å²) in [5, 5.41) is 7.01. The van der Waals surface area contributed by atoms with Crippen LogP contribution in [-0.2, 0) is 4.79 Å². The summed E-state index contributed by atoms with van der Waals surface area (Å²) in [5.74, 6) is 1.90. The number of likely N-dealkylation sites (tertiary alicyclic amines) is 1. The first-order chi connectivity index (χ1) is 15.6. The van der Waals surface area contributed by atoms with Gasteiger partial charge in [0, 0.05) is 59.8 Å². The summed E-state index contributed by atoms with van der Waals surface area (Å²) >= 11 is 0. The monoisotopic (exact) mass is 444 g/mol. The van der Waals surface area contributed by atoms with Gasteiger partial charge in [-0.05, 0) is 43.6 Å². The summed E-state index contributed by atoms with van der Waals surface area (Å²) in [4.78, 5) is 22.8. The Balaban J connectivity index is 1.49. The van der Waals surface area contributed by atoms with E-state index in [0.717, 1.165) is 70.6 Å². The number of rotatable bonds is 8. The van der Waals surface area contributed by atoms with E-state index in [4.69, 9.17) is 4.74 Å². The van der Waals surface area contributed by atoms with Crippen molar-refractivity contribution >= 4 is 11.9 Å². The number of benzene rings is 1. The van der Waals surface area contributed by atoms with Crippen LogP contribution in [0.5, 0.6) is 5.75 Å². The van der Waals surface area contributed by atoms with Gasteiger partial charge in [0.2, 0.25) is 5.91 Å². The van der Waals surface area contributed by atoms with Crippen LogP contribution in [0.4, 0.5) is 0 Å². The second kappa shape index (κ2) is 12.6. The van der Waals surface area contributed by atoms with Gasteiger partial charge in [0.05, 0.1) is 13.2 Å². The number of methoxy groups -OCH3 is 1. The third-order valence-corrected chi connectivity index (χ3v) is 6.56. The second-order valence-corrected chi connectivity index (χ2v) is 8.61. The van der Waals surface area contributed by atoms with Gasteiger partial charge in [-0.25, -0.2) is 0 Å². The zero-order valence-electron chi connectivity index (χ0n) is 20.0. The van der Waals surface area contributed by atoms with Crippen LogP contribution < -0.4 is 15.4 Å². The van der Waals surface area contributed by atoms with Gasteiger partial charge < -0.3 is 20.3 Å². The first kappa shape index (κ1) is 24.3. The van der Waals surface area contributed by atoms with Crippen LogP contribution in [0.3, 0.4) is 0 Å². The lowest BCUT2D eigenvalue weighted by Gasteiger charge is -2.35. The van der Waals surface area contributed by atoms with Gasteiger partial charge in [0.1, 0.15) is 5.75 Å². The summed E-state index contributed by atoms with van der Waals surface area (Å²) in [6.45, 7) is 10.0. The molecule has 1 aromatic rings. The van der Waals surface area contributed by atoms with E-state index < -0.39 is 0 Å². The molecule has 2 heterocycles. The lowest BCUT2D eigenvalue weighted by atomic mass is 10.0. The van der Waals surface area contributed by atoms with Crippen molar-refractivity contribution < 1.29 is 9.53 Å². The number of hydrogen-bond acceptors (Lipinski definition) is 5. The number of carbonyl (C=O) groups is 1. The zero-order valence-corrected chi connectivity index (χ0v) is 20.0. The highest BCUT2D eigenvalue weighted by molar-refractivity contribution is 5.79. The number of guanidine groups is 1. The molecule has 0 aromatic heterocycles. The Labute approximate surface area is 193 Å². The van der Waals surface area contributed by atoms with Crippen molar-refractivity contribution in [1.82, 2.24) is 25.3 Å². The van der Waals surface area contributed by atoms with Crippen LogP contribution in [0.15, 0.2) is 29.3 Å². The number of ether oxygens (including phenoxy) is 1. The highest BCUT2D eigenvalue weighted by Crippen LogP contribution is 2.25. The van der Waals surface area contributed by atoms with Gasteiger partial charge in [-0.2, -0.15) is 0 Å². The quantitative estimate of drug-likeness (QED) is 0.468. The largest absolute Gasteiger partial charge is 0.497 e. The van der Waals surface area contributed by atoms with Crippen LogP contribution in [0.25, 0.3) is 0 Å². The van der Waals surface area contributed by atoms with Gasteiger partial charge in [0.15, 0.2) is 5.96 Å². The molecular formula is C24H40N6O2. The number of hydrogen-bond donors (Lipinski definition) is 2. The average Bonchev–Trinajstić information content (AvgIpc) is 2.84. The fourth-order valence-electron chi connectivity index (χ4n) is 4.55. The Morgan fingerprint density at radius 1 is 1.03 bits per heavy atom. The molecule has 8 nitrogen and oxygen atoms in total. The van der Waals surface area contributed by atoms with Crippen LogP contribution in [-0.4, -0.2) is 99.6 Å². The minimum absolute atomic E-state index is 0.174. The lowest BCUT2D eigenvalue weighted by molar-refractivity contribution is -0.130. The molecule has 32 heavy (non-hydrogen) atoms. The molecule has 0 aliphatic carbocycles. The number of piperazine rings is 1. The summed E-state index contributed by atoms with van der Waals surface area (Å²) in [5.41, 5.74) is 1.30. The maximum Gasteiger partial charge on any atom is 0.219 e. The predicted molar refractivity (Wildman–Crippen MR) is 129 cm³/mol. The molecule has 2 fully saturated rings. The number of carbonyl (C=O) groups excluding carboxylic acids is 1. The summed E-state index contributed by atoms with van der Waals surface area (Å²) < 4.78 is 5.34. The predicted octanol–water partition coefficient (Wildman–Crippen LogP) is 1.55. The normalized spacial score (nSPS) is 19.5. The van der Waals surface area contributed by atoms with Crippen LogP contribution in [0, 0.1) is 0 Å². The molecule has 0 bridgehead atoms. The van der Waals surface area contributed by atoms with Crippen LogP contribution >= 0.6 is 0 Å². The Hall–Kier alpha value is -2.32. The molecule has 2 saturated heterocycles. The highest BCUT2D eigenvalue weighted by atomic mass is 16.5. The van der Waals surface area contributed by atoms with Gasteiger partial charge in [-0.15, -0.1) is 0 Å². The molecule has 0 saturated carbocycles. The fraction of sp³-hybridized carbons (Fsp3) is 0.667. The summed E-state index contributed by atoms with van der Waals surface area (Å²) in [7, 11) is 3.53. The summed E-state index contributed by atoms with van der Waals surface area (Å²) in [6.07, 6.45) is 3.84. The van der Waals surface area contributed by atoms with Gasteiger partial charge in [-0.3, -0.25) is 19.6 Å². The molecular weight excluding hydrogens is 404 g/mol. The first-order valence-electron chi connectivity index (χ1n) is 11.9. The molecule has 0 radical (unpaired) electrons. The number of piperidine rings is 1. The Bertz CT molecular complexity index is 725. The second-order valence-electron chi connectivity index (χ2n) is 8.61. The Morgan fingerprint density at radius 3 is 2.31 bits per heavy atom. The Morgan fingerprint density at radius 2 is 1.72 bits per heavy atom. The maximum atomic E-state index is 11.5. The van der Waals surface area contributed by atoms with Crippen molar-refractivity contribution in [1.29, 1.82) is 0 Å². The van der Waals surface area contributed by atoms with E-state index in [2.05, 4.69) is 37.6 Å². The molecule has 2 N–H and O–H groups in total. The Kier molecular flexibility index (Phi) is 9.62. The van der Waals surface area contributed by atoms with Crippen molar-refractivity contribution in [2.45, 2.75) is 32.2 Å². The third-order valence-electron chi connectivity index (χ3n) is 6.56. The van der Waals surface area contributed by atoms with E-state index >= 15 is 0 Å². The topological polar surface area (TPSA) is 72.4 Å². The smallest absolute Gasteiger partial charge is 0.219 e. The van der Waals surface area contributed by atoms with Gasteiger partial charge in [-0.1, -0.05) is 18.6 Å². The molecule has 0 spiro atoms. The third kappa shape index (κ3) is 7.10. The maximum absolute atomic E-state index is 11.5. The number of aliphatic imine (C=N–C) groups is 1. The van der Waals surface area contributed by atoms with Crippen molar-refractivity contribution in [3.05, 3.63) is 29.8 Å². The summed E-state index contributed by atoms with van der Waals surface area (Å²) in [6, 6.07) is 8.75. The molecule has 1 atom stereocenters. The van der Waals surface area contributed by atoms with Gasteiger partial charge in [0.25, 0.3) is 0 Å². The van der Waals surface area contributed by atoms with Gasteiger partial charge >= 0.3 is 0 Å². The molecule has 1 unspecified atom stereocenters. The van der Waals surface area contributed by atoms with E-state index in [1.807, 2.05) is 24.1 Å². The standard InChI is InChI=1S/C24H40N6O2/c1-20(31)29-17-15-28(16-18-29)14-11-26-24(25-2)27-19-23(30-12-5-4-6-13-30)21-7-9-22(32-3)10-8-21/h7-10,23H,4-6,11-19H2,1-3H3,(H2,25,26,27). The average molecular weight is 445 g/mol. The molecule has 178 valence electrons.